The van der Waals surface area contributed by atoms with Crippen molar-refractivity contribution >= 4 is 29.1 Å². The van der Waals surface area contributed by atoms with Gasteiger partial charge in [0.2, 0.25) is 5.91 Å². The van der Waals surface area contributed by atoms with Gasteiger partial charge in [-0.25, -0.2) is 9.69 Å². The van der Waals surface area contributed by atoms with Crippen LogP contribution in [0.5, 0.6) is 5.75 Å². The molecule has 0 aliphatic carbocycles. The van der Waals surface area contributed by atoms with Crippen molar-refractivity contribution in [3.05, 3.63) is 84.9 Å². The molecule has 0 saturated heterocycles. The molecule has 3 aromatic rings. The number of rotatable bonds is 4. The summed E-state index contributed by atoms with van der Waals surface area (Å²) in [4.78, 5) is 25.4. The van der Waals surface area contributed by atoms with E-state index < -0.39 is 6.09 Å². The molecule has 26 heavy (non-hydrogen) atoms. The molecule has 0 aliphatic heterocycles. The summed E-state index contributed by atoms with van der Waals surface area (Å²) in [5.74, 6) is 0.232. The van der Waals surface area contributed by atoms with Crippen molar-refractivity contribution in [3.63, 3.8) is 0 Å². The Hall–Kier alpha value is -3.60. The highest BCUT2D eigenvalue weighted by molar-refractivity contribution is 5.97. The number of benzene rings is 3. The SMILES string of the molecule is CC(=O)Nc1ccc(OC(=O)N(c2ccccc2)c2ccccc2)cc1. The van der Waals surface area contributed by atoms with Gasteiger partial charge in [-0.2, -0.15) is 0 Å². The fourth-order valence-electron chi connectivity index (χ4n) is 2.47. The number of carbonyl (C=O) groups excluding carboxylic acids is 2. The Balaban J connectivity index is 1.83. The highest BCUT2D eigenvalue weighted by Crippen LogP contribution is 2.27. The molecule has 0 radical (unpaired) electrons. The minimum Gasteiger partial charge on any atom is -0.410 e. The Morgan fingerprint density at radius 3 is 1.73 bits per heavy atom. The topological polar surface area (TPSA) is 58.6 Å². The molecule has 0 spiro atoms. The number of nitrogens with zero attached hydrogens (tertiary/aromatic N) is 1. The van der Waals surface area contributed by atoms with Gasteiger partial charge in [0.05, 0.1) is 11.4 Å². The zero-order valence-electron chi connectivity index (χ0n) is 14.3. The smallest absolute Gasteiger partial charge is 0.410 e. The molecule has 0 unspecified atom stereocenters. The van der Waals surface area contributed by atoms with Crippen LogP contribution < -0.4 is 15.0 Å². The number of ether oxygens (including phenoxy) is 1. The predicted molar refractivity (Wildman–Crippen MR) is 102 cm³/mol. The summed E-state index contributed by atoms with van der Waals surface area (Å²) in [6.45, 7) is 1.44. The number of anilines is 3. The second-order valence-corrected chi connectivity index (χ2v) is 5.58. The molecule has 2 amide bonds. The largest absolute Gasteiger partial charge is 0.424 e. The van der Waals surface area contributed by atoms with Gasteiger partial charge < -0.3 is 10.1 Å². The van der Waals surface area contributed by atoms with Crippen LogP contribution in [0.4, 0.5) is 21.9 Å². The first-order valence-electron chi connectivity index (χ1n) is 8.13. The number of para-hydroxylation sites is 2. The second-order valence-electron chi connectivity index (χ2n) is 5.58. The summed E-state index contributed by atoms with van der Waals surface area (Å²) in [5.41, 5.74) is 2.05. The van der Waals surface area contributed by atoms with Crippen molar-refractivity contribution in [2.24, 2.45) is 0 Å². The van der Waals surface area contributed by atoms with E-state index in [1.807, 2.05) is 60.7 Å². The lowest BCUT2D eigenvalue weighted by Gasteiger charge is -2.22. The second kappa shape index (κ2) is 7.98. The van der Waals surface area contributed by atoms with Crippen LogP contribution in [0.2, 0.25) is 0 Å². The highest BCUT2D eigenvalue weighted by Gasteiger charge is 2.20. The van der Waals surface area contributed by atoms with Crippen molar-refractivity contribution in [3.8, 4) is 5.75 Å². The van der Waals surface area contributed by atoms with Gasteiger partial charge in [0, 0.05) is 12.6 Å². The molecule has 130 valence electrons. The van der Waals surface area contributed by atoms with Crippen molar-refractivity contribution in [1.82, 2.24) is 0 Å². The zero-order valence-corrected chi connectivity index (χ0v) is 14.3. The molecule has 0 heterocycles. The Morgan fingerprint density at radius 2 is 1.27 bits per heavy atom. The fraction of sp³-hybridized carbons (Fsp3) is 0.0476. The molecule has 0 bridgehead atoms. The molecule has 5 heteroatoms. The van der Waals surface area contributed by atoms with Crippen molar-refractivity contribution < 1.29 is 14.3 Å². The van der Waals surface area contributed by atoms with E-state index in [9.17, 15) is 9.59 Å². The summed E-state index contributed by atoms with van der Waals surface area (Å²) in [7, 11) is 0. The molecule has 0 aliphatic rings. The molecule has 0 aromatic heterocycles. The Kier molecular flexibility index (Phi) is 5.29. The van der Waals surface area contributed by atoms with E-state index in [-0.39, 0.29) is 5.91 Å². The third-order valence-electron chi connectivity index (χ3n) is 3.59. The number of nitrogens with one attached hydrogen (secondary N) is 1. The average Bonchev–Trinajstić information content (AvgIpc) is 2.65. The maximum atomic E-state index is 12.8. The zero-order chi connectivity index (χ0) is 18.4. The summed E-state index contributed by atoms with van der Waals surface area (Å²) in [6.07, 6.45) is -0.519. The molecule has 0 fully saturated rings. The van der Waals surface area contributed by atoms with Crippen molar-refractivity contribution in [1.29, 1.82) is 0 Å². The molecule has 0 atom stereocenters. The summed E-state index contributed by atoms with van der Waals surface area (Å²) < 4.78 is 5.52. The van der Waals surface area contributed by atoms with Crippen LogP contribution in [0.25, 0.3) is 0 Å². The molecule has 3 rings (SSSR count). The van der Waals surface area contributed by atoms with Crippen LogP contribution in [0, 0.1) is 0 Å². The first-order valence-corrected chi connectivity index (χ1v) is 8.13. The summed E-state index contributed by atoms with van der Waals surface area (Å²) in [5, 5.41) is 2.67. The van der Waals surface area contributed by atoms with Crippen LogP contribution >= 0.6 is 0 Å². The Morgan fingerprint density at radius 1 is 0.769 bits per heavy atom. The van der Waals surface area contributed by atoms with E-state index in [4.69, 9.17) is 4.74 Å². The maximum Gasteiger partial charge on any atom is 0.424 e. The Labute approximate surface area is 151 Å². The quantitative estimate of drug-likeness (QED) is 0.724. The molecule has 0 saturated carbocycles. The lowest BCUT2D eigenvalue weighted by Crippen LogP contribution is -2.29. The molecule has 5 nitrogen and oxygen atoms in total. The number of hydrogen-bond acceptors (Lipinski definition) is 3. The van der Waals surface area contributed by atoms with E-state index in [0.29, 0.717) is 22.8 Å². The lowest BCUT2D eigenvalue weighted by molar-refractivity contribution is -0.114. The predicted octanol–water partition coefficient (Wildman–Crippen LogP) is 4.98. The minimum absolute atomic E-state index is 0.158. The molecule has 1 N–H and O–H groups in total. The number of amides is 2. The van der Waals surface area contributed by atoms with Gasteiger partial charge in [-0.05, 0) is 48.5 Å². The molecular weight excluding hydrogens is 328 g/mol. The van der Waals surface area contributed by atoms with Crippen LogP contribution in [0.15, 0.2) is 84.9 Å². The Bertz CT molecular complexity index is 839. The van der Waals surface area contributed by atoms with Gasteiger partial charge in [-0.1, -0.05) is 36.4 Å². The van der Waals surface area contributed by atoms with E-state index in [2.05, 4.69) is 5.32 Å². The lowest BCUT2D eigenvalue weighted by atomic mass is 10.2. The van der Waals surface area contributed by atoms with E-state index in [1.165, 1.54) is 11.8 Å². The van der Waals surface area contributed by atoms with Gasteiger partial charge in [0.15, 0.2) is 0 Å². The third kappa shape index (κ3) is 4.27. The van der Waals surface area contributed by atoms with Crippen LogP contribution in [-0.2, 0) is 4.79 Å². The first kappa shape index (κ1) is 17.2. The van der Waals surface area contributed by atoms with E-state index in [1.54, 1.807) is 24.3 Å². The summed E-state index contributed by atoms with van der Waals surface area (Å²) in [6, 6.07) is 25.2. The maximum absolute atomic E-state index is 12.8. The highest BCUT2D eigenvalue weighted by atomic mass is 16.6. The summed E-state index contributed by atoms with van der Waals surface area (Å²) >= 11 is 0. The minimum atomic E-state index is -0.519. The average molecular weight is 346 g/mol. The van der Waals surface area contributed by atoms with E-state index >= 15 is 0 Å². The number of hydrogen-bond donors (Lipinski definition) is 1. The number of carbonyl (C=O) groups is 2. The van der Waals surface area contributed by atoms with Gasteiger partial charge in [0.25, 0.3) is 0 Å². The molecular formula is C21H18N2O3. The third-order valence-corrected chi connectivity index (χ3v) is 3.59. The first-order chi connectivity index (χ1) is 12.6. The van der Waals surface area contributed by atoms with Crippen molar-refractivity contribution in [2.45, 2.75) is 6.92 Å². The van der Waals surface area contributed by atoms with Crippen LogP contribution in [0.1, 0.15) is 6.92 Å². The van der Waals surface area contributed by atoms with Gasteiger partial charge >= 0.3 is 6.09 Å². The molecule has 3 aromatic carbocycles. The monoisotopic (exact) mass is 346 g/mol. The fourth-order valence-corrected chi connectivity index (χ4v) is 2.47. The van der Waals surface area contributed by atoms with Crippen molar-refractivity contribution in [2.75, 3.05) is 10.2 Å². The van der Waals surface area contributed by atoms with E-state index in [0.717, 1.165) is 0 Å². The van der Waals surface area contributed by atoms with Gasteiger partial charge in [0.1, 0.15) is 5.75 Å². The van der Waals surface area contributed by atoms with Gasteiger partial charge in [-0.15, -0.1) is 0 Å². The van der Waals surface area contributed by atoms with Crippen LogP contribution in [-0.4, -0.2) is 12.0 Å². The van der Waals surface area contributed by atoms with Crippen LogP contribution in [0.3, 0.4) is 0 Å². The normalized spacial score (nSPS) is 10.0. The van der Waals surface area contributed by atoms with Gasteiger partial charge in [-0.3, -0.25) is 4.79 Å². The standard InChI is InChI=1S/C21H18N2O3/c1-16(24)22-17-12-14-20(15-13-17)26-21(25)23(18-8-4-2-5-9-18)19-10-6-3-7-11-19/h2-15H,1H3,(H,22,24).